The molecule has 0 unspecified atom stereocenters. The first-order valence-corrected chi connectivity index (χ1v) is 8.84. The number of rotatable bonds is 5. The van der Waals surface area contributed by atoms with Gasteiger partial charge in [-0.1, -0.05) is 41.9 Å². The Morgan fingerprint density at radius 3 is 2.52 bits per heavy atom. The number of nitrogens with one attached hydrogen (secondary N) is 2. The number of hydrogen-bond acceptors (Lipinski definition) is 2. The molecule has 0 aromatic heterocycles. The number of piperazine rings is 1. The fourth-order valence-corrected chi connectivity index (χ4v) is 3.33. The summed E-state index contributed by atoms with van der Waals surface area (Å²) in [5.74, 6) is -0.340. The molecule has 1 fully saturated rings. The summed E-state index contributed by atoms with van der Waals surface area (Å²) in [4.78, 5) is 15.6. The third-order valence-corrected chi connectivity index (χ3v) is 4.83. The number of carbonyl (C=O) groups is 1. The van der Waals surface area contributed by atoms with E-state index < -0.39 is 0 Å². The number of hydrogen-bond donors (Lipinski definition) is 2. The van der Waals surface area contributed by atoms with Crippen LogP contribution in [-0.4, -0.2) is 38.6 Å². The molecule has 132 valence electrons. The first-order valence-electron chi connectivity index (χ1n) is 8.46. The number of quaternary nitrogens is 1. The van der Waals surface area contributed by atoms with Crippen LogP contribution in [0.1, 0.15) is 5.56 Å². The maximum absolute atomic E-state index is 13.6. The van der Waals surface area contributed by atoms with Crippen LogP contribution in [0.3, 0.4) is 0 Å². The number of halogens is 2. The number of para-hydroxylation sites is 1. The standard InChI is InChI=1S/C19H21ClFN3O/c20-16-6-2-4-8-18(16)24-11-9-23(10-12-24)14-19(25)22-13-15-5-1-3-7-17(15)21/h1-8H,9-14H2,(H,22,25)/p+1. The molecule has 25 heavy (non-hydrogen) atoms. The summed E-state index contributed by atoms with van der Waals surface area (Å²) in [6.07, 6.45) is 0. The third kappa shape index (κ3) is 4.71. The average Bonchev–Trinajstić information content (AvgIpc) is 2.62. The Kier molecular flexibility index (Phi) is 5.89. The number of amides is 1. The van der Waals surface area contributed by atoms with Gasteiger partial charge in [-0.25, -0.2) is 4.39 Å². The quantitative estimate of drug-likeness (QED) is 0.845. The van der Waals surface area contributed by atoms with Crippen molar-refractivity contribution in [2.45, 2.75) is 6.54 Å². The molecule has 6 heteroatoms. The van der Waals surface area contributed by atoms with Gasteiger partial charge in [0.1, 0.15) is 5.82 Å². The highest BCUT2D eigenvalue weighted by Gasteiger charge is 2.23. The van der Waals surface area contributed by atoms with E-state index in [-0.39, 0.29) is 18.3 Å². The van der Waals surface area contributed by atoms with Crippen molar-refractivity contribution in [3.63, 3.8) is 0 Å². The van der Waals surface area contributed by atoms with E-state index in [1.54, 1.807) is 18.2 Å². The second kappa shape index (κ2) is 8.32. The SMILES string of the molecule is O=C(C[NH+]1CCN(c2ccccc2Cl)CC1)NCc1ccccc1F. The monoisotopic (exact) mass is 362 g/mol. The van der Waals surface area contributed by atoms with Gasteiger partial charge in [-0.05, 0) is 18.2 Å². The average molecular weight is 363 g/mol. The molecule has 0 aliphatic carbocycles. The van der Waals surface area contributed by atoms with Gasteiger partial charge in [0.25, 0.3) is 5.91 Å². The van der Waals surface area contributed by atoms with Gasteiger partial charge in [-0.2, -0.15) is 0 Å². The van der Waals surface area contributed by atoms with Crippen LogP contribution in [-0.2, 0) is 11.3 Å². The summed E-state index contributed by atoms with van der Waals surface area (Å²) in [7, 11) is 0. The molecule has 2 aromatic rings. The van der Waals surface area contributed by atoms with E-state index in [4.69, 9.17) is 11.6 Å². The molecule has 2 aromatic carbocycles. The molecular formula is C19H22ClFN3O+. The van der Waals surface area contributed by atoms with Gasteiger partial charge in [0, 0.05) is 12.1 Å². The van der Waals surface area contributed by atoms with Crippen LogP contribution in [0, 0.1) is 5.82 Å². The van der Waals surface area contributed by atoms with Crippen molar-refractivity contribution in [2.75, 3.05) is 37.6 Å². The summed E-state index contributed by atoms with van der Waals surface area (Å²) in [5, 5.41) is 3.56. The Labute approximate surface area is 152 Å². The number of carbonyl (C=O) groups excluding carboxylic acids is 1. The maximum Gasteiger partial charge on any atom is 0.275 e. The Bertz CT molecular complexity index is 732. The highest BCUT2D eigenvalue weighted by molar-refractivity contribution is 6.33. The van der Waals surface area contributed by atoms with Crippen molar-refractivity contribution in [3.8, 4) is 0 Å². The van der Waals surface area contributed by atoms with Crippen LogP contribution in [0.2, 0.25) is 5.02 Å². The minimum absolute atomic E-state index is 0.0514. The molecule has 0 atom stereocenters. The van der Waals surface area contributed by atoms with E-state index >= 15 is 0 Å². The lowest BCUT2D eigenvalue weighted by molar-refractivity contribution is -0.892. The zero-order valence-corrected chi connectivity index (χ0v) is 14.7. The second-order valence-corrected chi connectivity index (χ2v) is 6.64. The zero-order valence-electron chi connectivity index (χ0n) is 14.0. The van der Waals surface area contributed by atoms with Gasteiger partial charge in [0.2, 0.25) is 0 Å². The van der Waals surface area contributed by atoms with E-state index in [9.17, 15) is 9.18 Å². The molecule has 4 nitrogen and oxygen atoms in total. The van der Waals surface area contributed by atoms with E-state index in [0.29, 0.717) is 12.1 Å². The first-order chi connectivity index (χ1) is 12.1. The highest BCUT2D eigenvalue weighted by atomic mass is 35.5. The summed E-state index contributed by atoms with van der Waals surface area (Å²) in [6.45, 7) is 4.10. The Hall–Kier alpha value is -2.11. The van der Waals surface area contributed by atoms with Gasteiger partial charge in [-0.3, -0.25) is 4.79 Å². The summed E-state index contributed by atoms with van der Waals surface area (Å²) >= 11 is 6.25. The molecular weight excluding hydrogens is 341 g/mol. The molecule has 0 radical (unpaired) electrons. The van der Waals surface area contributed by atoms with Crippen LogP contribution >= 0.6 is 11.6 Å². The van der Waals surface area contributed by atoms with Crippen molar-refractivity contribution >= 4 is 23.2 Å². The lowest BCUT2D eigenvalue weighted by Gasteiger charge is -2.33. The fraction of sp³-hybridized carbons (Fsp3) is 0.316. The largest absolute Gasteiger partial charge is 0.359 e. The minimum Gasteiger partial charge on any atom is -0.359 e. The summed E-state index contributed by atoms with van der Waals surface area (Å²) in [5.41, 5.74) is 1.56. The molecule has 1 aliphatic heterocycles. The van der Waals surface area contributed by atoms with Crippen molar-refractivity contribution in [2.24, 2.45) is 0 Å². The van der Waals surface area contributed by atoms with E-state index in [0.717, 1.165) is 36.9 Å². The maximum atomic E-state index is 13.6. The number of benzene rings is 2. The van der Waals surface area contributed by atoms with Gasteiger partial charge in [0.05, 0.1) is 36.9 Å². The molecule has 1 aliphatic rings. The highest BCUT2D eigenvalue weighted by Crippen LogP contribution is 2.24. The number of nitrogens with zero attached hydrogens (tertiary/aromatic N) is 1. The van der Waals surface area contributed by atoms with E-state index in [1.807, 2.05) is 24.3 Å². The predicted octanol–water partition coefficient (Wildman–Crippen LogP) is 1.50. The smallest absolute Gasteiger partial charge is 0.275 e. The second-order valence-electron chi connectivity index (χ2n) is 6.23. The number of anilines is 1. The molecule has 1 saturated heterocycles. The lowest BCUT2D eigenvalue weighted by atomic mass is 10.2. The van der Waals surface area contributed by atoms with E-state index in [2.05, 4.69) is 10.2 Å². The molecule has 2 N–H and O–H groups in total. The Balaban J connectivity index is 1.45. The summed E-state index contributed by atoms with van der Waals surface area (Å²) in [6, 6.07) is 14.3. The van der Waals surface area contributed by atoms with Crippen molar-refractivity contribution in [1.82, 2.24) is 5.32 Å². The Morgan fingerprint density at radius 1 is 1.12 bits per heavy atom. The van der Waals surface area contributed by atoms with Gasteiger partial charge < -0.3 is 15.1 Å². The van der Waals surface area contributed by atoms with Crippen LogP contribution in [0.15, 0.2) is 48.5 Å². The van der Waals surface area contributed by atoms with Crippen LogP contribution in [0.25, 0.3) is 0 Å². The van der Waals surface area contributed by atoms with Gasteiger partial charge >= 0.3 is 0 Å². The molecule has 3 rings (SSSR count). The summed E-state index contributed by atoms with van der Waals surface area (Å²) < 4.78 is 13.6. The molecule has 0 bridgehead atoms. The first kappa shape index (κ1) is 17.7. The zero-order chi connectivity index (χ0) is 17.6. The fourth-order valence-electron chi connectivity index (χ4n) is 3.07. The normalized spacial score (nSPS) is 15.2. The van der Waals surface area contributed by atoms with Gasteiger partial charge in [0.15, 0.2) is 6.54 Å². The topological polar surface area (TPSA) is 36.8 Å². The lowest BCUT2D eigenvalue weighted by Crippen LogP contribution is -3.15. The van der Waals surface area contributed by atoms with Gasteiger partial charge in [-0.15, -0.1) is 0 Å². The minimum atomic E-state index is -0.288. The van der Waals surface area contributed by atoms with Crippen LogP contribution < -0.4 is 15.1 Å². The van der Waals surface area contributed by atoms with Crippen molar-refractivity contribution < 1.29 is 14.1 Å². The molecule has 1 heterocycles. The van der Waals surface area contributed by atoms with Crippen molar-refractivity contribution in [1.29, 1.82) is 0 Å². The molecule has 1 amide bonds. The predicted molar refractivity (Wildman–Crippen MR) is 97.5 cm³/mol. The molecule has 0 saturated carbocycles. The van der Waals surface area contributed by atoms with Crippen LogP contribution in [0.5, 0.6) is 0 Å². The van der Waals surface area contributed by atoms with Crippen molar-refractivity contribution in [3.05, 3.63) is 64.9 Å². The third-order valence-electron chi connectivity index (χ3n) is 4.51. The Morgan fingerprint density at radius 2 is 1.80 bits per heavy atom. The van der Waals surface area contributed by atoms with Crippen LogP contribution in [0.4, 0.5) is 10.1 Å². The van der Waals surface area contributed by atoms with E-state index in [1.165, 1.54) is 11.0 Å². The molecule has 0 spiro atoms.